The third kappa shape index (κ3) is 4.78. The number of hydrogen-bond donors (Lipinski definition) is 0. The van der Waals surface area contributed by atoms with Gasteiger partial charge in [0.2, 0.25) is 5.82 Å². The van der Waals surface area contributed by atoms with E-state index in [0.717, 1.165) is 12.1 Å². The average Bonchev–Trinajstić information content (AvgIpc) is 3.20. The molecular formula is C19H13F3N2O5. The van der Waals surface area contributed by atoms with E-state index in [2.05, 4.69) is 14.9 Å². The highest BCUT2D eigenvalue weighted by molar-refractivity contribution is 5.93. The van der Waals surface area contributed by atoms with Crippen LogP contribution in [-0.4, -0.2) is 29.2 Å². The van der Waals surface area contributed by atoms with E-state index in [-0.39, 0.29) is 29.4 Å². The van der Waals surface area contributed by atoms with Gasteiger partial charge in [0.25, 0.3) is 5.89 Å². The Morgan fingerprint density at radius 3 is 2.10 bits per heavy atom. The zero-order valence-corrected chi connectivity index (χ0v) is 14.9. The van der Waals surface area contributed by atoms with Crippen molar-refractivity contribution in [3.63, 3.8) is 0 Å². The molecule has 150 valence electrons. The SMILES string of the molecule is COC(=O)c1ccc(C(=O)OCc2nc(-c3ccc(C(F)(F)F)cc3)no2)cc1. The minimum absolute atomic E-state index is 0.0283. The molecule has 0 radical (unpaired) electrons. The van der Waals surface area contributed by atoms with Gasteiger partial charge in [-0.25, -0.2) is 9.59 Å². The fourth-order valence-corrected chi connectivity index (χ4v) is 2.31. The van der Waals surface area contributed by atoms with Gasteiger partial charge in [-0.3, -0.25) is 0 Å². The fourth-order valence-electron chi connectivity index (χ4n) is 2.31. The fraction of sp³-hybridized carbons (Fsp3) is 0.158. The van der Waals surface area contributed by atoms with Gasteiger partial charge >= 0.3 is 18.1 Å². The van der Waals surface area contributed by atoms with E-state index in [4.69, 9.17) is 9.26 Å². The summed E-state index contributed by atoms with van der Waals surface area (Å²) < 4.78 is 52.4. The van der Waals surface area contributed by atoms with Crippen molar-refractivity contribution in [2.24, 2.45) is 0 Å². The van der Waals surface area contributed by atoms with Crippen LogP contribution in [-0.2, 0) is 22.3 Å². The van der Waals surface area contributed by atoms with E-state index in [1.165, 1.54) is 43.5 Å². The van der Waals surface area contributed by atoms with Gasteiger partial charge in [0.1, 0.15) is 0 Å². The minimum atomic E-state index is -4.44. The molecule has 10 heteroatoms. The maximum absolute atomic E-state index is 12.6. The first-order chi connectivity index (χ1) is 13.8. The van der Waals surface area contributed by atoms with Crippen molar-refractivity contribution in [1.82, 2.24) is 10.1 Å². The van der Waals surface area contributed by atoms with Crippen molar-refractivity contribution in [3.05, 3.63) is 71.1 Å². The Labute approximate surface area is 162 Å². The summed E-state index contributed by atoms with van der Waals surface area (Å²) in [5.41, 5.74) is -0.00268. The maximum Gasteiger partial charge on any atom is 0.416 e. The van der Waals surface area contributed by atoms with Crippen LogP contribution in [0.3, 0.4) is 0 Å². The molecule has 2 aromatic carbocycles. The van der Waals surface area contributed by atoms with Crippen LogP contribution in [0.5, 0.6) is 0 Å². The summed E-state index contributed by atoms with van der Waals surface area (Å²) in [5, 5.41) is 3.66. The summed E-state index contributed by atoms with van der Waals surface area (Å²) in [5.74, 6) is -1.19. The summed E-state index contributed by atoms with van der Waals surface area (Å²) in [6, 6.07) is 9.87. The molecule has 29 heavy (non-hydrogen) atoms. The summed E-state index contributed by atoms with van der Waals surface area (Å²) >= 11 is 0. The Bertz CT molecular complexity index is 1010. The van der Waals surface area contributed by atoms with Crippen LogP contribution >= 0.6 is 0 Å². The van der Waals surface area contributed by atoms with E-state index < -0.39 is 23.7 Å². The van der Waals surface area contributed by atoms with Gasteiger partial charge in [-0.05, 0) is 36.4 Å². The van der Waals surface area contributed by atoms with Crippen LogP contribution < -0.4 is 0 Å². The second-order valence-corrected chi connectivity index (χ2v) is 5.73. The zero-order valence-electron chi connectivity index (χ0n) is 14.9. The first-order valence-electron chi connectivity index (χ1n) is 8.13. The number of methoxy groups -OCH3 is 1. The smallest absolute Gasteiger partial charge is 0.416 e. The van der Waals surface area contributed by atoms with Crippen LogP contribution in [0.4, 0.5) is 13.2 Å². The Morgan fingerprint density at radius 1 is 0.966 bits per heavy atom. The predicted octanol–water partition coefficient (Wildman–Crippen LogP) is 3.90. The van der Waals surface area contributed by atoms with Gasteiger partial charge in [-0.1, -0.05) is 17.3 Å². The van der Waals surface area contributed by atoms with Crippen molar-refractivity contribution < 1.29 is 36.8 Å². The quantitative estimate of drug-likeness (QED) is 0.594. The number of aromatic nitrogens is 2. The van der Waals surface area contributed by atoms with Crippen LogP contribution in [0.15, 0.2) is 53.1 Å². The van der Waals surface area contributed by atoms with Crippen LogP contribution in [0.25, 0.3) is 11.4 Å². The first-order valence-corrected chi connectivity index (χ1v) is 8.13. The number of alkyl halides is 3. The molecular weight excluding hydrogens is 393 g/mol. The molecule has 0 spiro atoms. The highest BCUT2D eigenvalue weighted by Crippen LogP contribution is 2.30. The molecule has 0 N–H and O–H groups in total. The molecule has 7 nitrogen and oxygen atoms in total. The molecule has 0 saturated heterocycles. The maximum atomic E-state index is 12.6. The van der Waals surface area contributed by atoms with Gasteiger partial charge in [0.15, 0.2) is 6.61 Å². The van der Waals surface area contributed by atoms with E-state index in [1.54, 1.807) is 0 Å². The Balaban J connectivity index is 1.61. The molecule has 1 heterocycles. The standard InChI is InChI=1S/C19H13F3N2O5/c1-27-17(25)12-2-4-13(5-3-12)18(26)28-10-15-23-16(24-29-15)11-6-8-14(9-7-11)19(20,21)22/h2-9H,10H2,1H3. The average molecular weight is 406 g/mol. The summed E-state index contributed by atoms with van der Waals surface area (Å²) in [6.07, 6.45) is -4.44. The minimum Gasteiger partial charge on any atom is -0.465 e. The van der Waals surface area contributed by atoms with E-state index in [1.807, 2.05) is 0 Å². The van der Waals surface area contributed by atoms with Crippen molar-refractivity contribution in [2.75, 3.05) is 7.11 Å². The highest BCUT2D eigenvalue weighted by atomic mass is 19.4. The van der Waals surface area contributed by atoms with Gasteiger partial charge in [0, 0.05) is 5.56 Å². The molecule has 0 bridgehead atoms. The van der Waals surface area contributed by atoms with Gasteiger partial charge in [0.05, 0.1) is 23.8 Å². The molecule has 3 rings (SSSR count). The Morgan fingerprint density at radius 2 is 1.55 bits per heavy atom. The monoisotopic (exact) mass is 406 g/mol. The third-order valence-corrected chi connectivity index (χ3v) is 3.81. The van der Waals surface area contributed by atoms with Crippen LogP contribution in [0.1, 0.15) is 32.2 Å². The van der Waals surface area contributed by atoms with Crippen molar-refractivity contribution in [2.45, 2.75) is 12.8 Å². The number of benzene rings is 2. The van der Waals surface area contributed by atoms with Crippen molar-refractivity contribution >= 4 is 11.9 Å². The molecule has 0 amide bonds. The molecule has 0 fully saturated rings. The largest absolute Gasteiger partial charge is 0.465 e. The Hall–Kier alpha value is -3.69. The molecule has 0 saturated carbocycles. The normalized spacial score (nSPS) is 11.2. The molecule has 0 atom stereocenters. The number of halogens is 3. The molecule has 3 aromatic rings. The first kappa shape index (κ1) is 20.1. The van der Waals surface area contributed by atoms with Crippen molar-refractivity contribution in [1.29, 1.82) is 0 Å². The molecule has 0 unspecified atom stereocenters. The molecule has 0 aliphatic heterocycles. The number of nitrogens with zero attached hydrogens (tertiary/aromatic N) is 2. The number of carbonyl (C=O) groups excluding carboxylic acids is 2. The Kier molecular flexibility index (Phi) is 5.62. The van der Waals surface area contributed by atoms with E-state index >= 15 is 0 Å². The predicted molar refractivity (Wildman–Crippen MR) is 91.6 cm³/mol. The lowest BCUT2D eigenvalue weighted by Crippen LogP contribution is -2.07. The highest BCUT2D eigenvalue weighted by Gasteiger charge is 2.30. The van der Waals surface area contributed by atoms with Gasteiger partial charge < -0.3 is 14.0 Å². The number of hydrogen-bond acceptors (Lipinski definition) is 7. The lowest BCUT2D eigenvalue weighted by Gasteiger charge is -2.05. The van der Waals surface area contributed by atoms with Crippen LogP contribution in [0, 0.1) is 0 Å². The molecule has 1 aromatic heterocycles. The lowest BCUT2D eigenvalue weighted by molar-refractivity contribution is -0.137. The van der Waals surface area contributed by atoms with Crippen LogP contribution in [0.2, 0.25) is 0 Å². The lowest BCUT2D eigenvalue weighted by atomic mass is 10.1. The van der Waals surface area contributed by atoms with E-state index in [0.29, 0.717) is 5.56 Å². The van der Waals surface area contributed by atoms with Gasteiger partial charge in [-0.2, -0.15) is 18.2 Å². The molecule has 0 aliphatic carbocycles. The zero-order chi connectivity index (χ0) is 21.0. The summed E-state index contributed by atoms with van der Waals surface area (Å²) in [7, 11) is 1.24. The summed E-state index contributed by atoms with van der Waals surface area (Å²) in [6.45, 7) is -0.328. The number of carbonyl (C=O) groups is 2. The number of rotatable bonds is 5. The van der Waals surface area contributed by atoms with Gasteiger partial charge in [-0.15, -0.1) is 0 Å². The summed E-state index contributed by atoms with van der Waals surface area (Å²) in [4.78, 5) is 27.4. The topological polar surface area (TPSA) is 91.5 Å². The van der Waals surface area contributed by atoms with Crippen molar-refractivity contribution in [3.8, 4) is 11.4 Å². The second-order valence-electron chi connectivity index (χ2n) is 5.73. The number of ether oxygens (including phenoxy) is 2. The third-order valence-electron chi connectivity index (χ3n) is 3.81. The second kappa shape index (κ2) is 8.13. The van der Waals surface area contributed by atoms with E-state index in [9.17, 15) is 22.8 Å². The molecule has 0 aliphatic rings. The number of esters is 2.